The highest BCUT2D eigenvalue weighted by atomic mass is 31.1. The van der Waals surface area contributed by atoms with E-state index in [2.05, 4.69) is 87.5 Å². The Morgan fingerprint density at radius 1 is 0.667 bits per heavy atom. The maximum Gasteiger partial charge on any atom is -0.0141 e. The Kier molecular flexibility index (Phi) is 3.99. The maximum atomic E-state index is 2.29. The van der Waals surface area contributed by atoms with Crippen molar-refractivity contribution >= 4 is 23.8 Å². The summed E-state index contributed by atoms with van der Waals surface area (Å²) >= 11 is 0. The standard InChI is InChI=1S/C20H20P/c1-15-9-4-6-12-18(15)21(20-14-8-11-17(20)3)19-13-7-5-10-16(19)2/h4-14H,1-3H3/q-1. The molecule has 21 heavy (non-hydrogen) atoms. The molecule has 106 valence electrons. The first-order valence-electron chi connectivity index (χ1n) is 7.32. The normalized spacial score (nSPS) is 11.0. The summed E-state index contributed by atoms with van der Waals surface area (Å²) in [6.45, 7) is 6.67. The number of benzene rings is 2. The molecule has 0 atom stereocenters. The van der Waals surface area contributed by atoms with Crippen molar-refractivity contribution in [3.8, 4) is 0 Å². The molecule has 0 aliphatic heterocycles. The lowest BCUT2D eigenvalue weighted by atomic mass is 10.2. The molecule has 0 nitrogen and oxygen atoms in total. The van der Waals surface area contributed by atoms with Crippen LogP contribution in [0.25, 0.3) is 0 Å². The number of hydrogen-bond acceptors (Lipinski definition) is 0. The Labute approximate surface area is 128 Å². The van der Waals surface area contributed by atoms with Crippen molar-refractivity contribution in [2.75, 3.05) is 0 Å². The van der Waals surface area contributed by atoms with Crippen LogP contribution >= 0.6 is 7.92 Å². The zero-order valence-corrected chi connectivity index (χ0v) is 13.7. The van der Waals surface area contributed by atoms with Crippen molar-refractivity contribution in [3.05, 3.63) is 83.4 Å². The summed E-state index contributed by atoms with van der Waals surface area (Å²) in [6, 6.07) is 24.3. The third-order valence-corrected chi connectivity index (χ3v) is 6.91. The van der Waals surface area contributed by atoms with Gasteiger partial charge in [-0.2, -0.15) is 17.7 Å². The fourth-order valence-electron chi connectivity index (χ4n) is 2.77. The first-order chi connectivity index (χ1) is 10.2. The van der Waals surface area contributed by atoms with Gasteiger partial charge in [0.05, 0.1) is 0 Å². The zero-order valence-electron chi connectivity index (χ0n) is 12.8. The molecule has 0 radical (unpaired) electrons. The largest absolute Gasteiger partial charge is 0.210 e. The molecule has 0 aliphatic carbocycles. The third kappa shape index (κ3) is 2.69. The minimum absolute atomic E-state index is 0.471. The van der Waals surface area contributed by atoms with E-state index in [0.29, 0.717) is 0 Å². The molecule has 0 aliphatic rings. The first-order valence-corrected chi connectivity index (χ1v) is 8.66. The van der Waals surface area contributed by atoms with Gasteiger partial charge in [0.2, 0.25) is 0 Å². The number of aryl methyl sites for hydroxylation is 3. The summed E-state index contributed by atoms with van der Waals surface area (Å²) in [6.07, 6.45) is 0. The molecule has 0 amide bonds. The van der Waals surface area contributed by atoms with E-state index in [1.165, 1.54) is 32.6 Å². The van der Waals surface area contributed by atoms with E-state index in [4.69, 9.17) is 0 Å². The average Bonchev–Trinajstić information content (AvgIpc) is 2.89. The minimum Gasteiger partial charge on any atom is -0.210 e. The highest BCUT2D eigenvalue weighted by molar-refractivity contribution is 7.80. The maximum absolute atomic E-state index is 2.29. The highest BCUT2D eigenvalue weighted by Gasteiger charge is 2.17. The molecule has 0 aromatic heterocycles. The molecular formula is C20H20P-. The van der Waals surface area contributed by atoms with Gasteiger partial charge in [0.1, 0.15) is 0 Å². The topological polar surface area (TPSA) is 0 Å². The lowest BCUT2D eigenvalue weighted by Gasteiger charge is -2.26. The molecule has 0 spiro atoms. The van der Waals surface area contributed by atoms with Crippen molar-refractivity contribution in [2.45, 2.75) is 20.8 Å². The molecule has 0 unspecified atom stereocenters. The molecule has 0 fully saturated rings. The van der Waals surface area contributed by atoms with Gasteiger partial charge in [0.15, 0.2) is 0 Å². The molecule has 1 heteroatoms. The average molecular weight is 291 g/mol. The summed E-state index contributed by atoms with van der Waals surface area (Å²) in [5.74, 6) is 0. The van der Waals surface area contributed by atoms with E-state index in [1.807, 2.05) is 0 Å². The summed E-state index contributed by atoms with van der Waals surface area (Å²) in [5.41, 5.74) is 4.16. The van der Waals surface area contributed by atoms with E-state index in [0.717, 1.165) is 0 Å². The van der Waals surface area contributed by atoms with Crippen LogP contribution < -0.4 is 15.9 Å². The minimum atomic E-state index is -0.471. The van der Waals surface area contributed by atoms with Crippen LogP contribution in [-0.4, -0.2) is 0 Å². The monoisotopic (exact) mass is 291 g/mol. The molecule has 0 heterocycles. The predicted molar refractivity (Wildman–Crippen MR) is 95.0 cm³/mol. The SMILES string of the molecule is Cc1ccccc1P(c1ccccc1C)c1[cH-]ccc1C. The van der Waals surface area contributed by atoms with Crippen LogP contribution in [-0.2, 0) is 0 Å². The van der Waals surface area contributed by atoms with Crippen LogP contribution in [0.4, 0.5) is 0 Å². The molecule has 0 bridgehead atoms. The molecule has 0 saturated carbocycles. The van der Waals surface area contributed by atoms with E-state index < -0.39 is 7.92 Å². The van der Waals surface area contributed by atoms with Gasteiger partial charge < -0.3 is 0 Å². The zero-order chi connectivity index (χ0) is 14.8. The third-order valence-electron chi connectivity index (χ3n) is 3.96. The van der Waals surface area contributed by atoms with E-state index in [1.54, 1.807) is 0 Å². The second-order valence-electron chi connectivity index (χ2n) is 5.50. The molecule has 0 N–H and O–H groups in total. The van der Waals surface area contributed by atoms with Crippen LogP contribution in [0.3, 0.4) is 0 Å². The van der Waals surface area contributed by atoms with Crippen molar-refractivity contribution in [3.63, 3.8) is 0 Å². The van der Waals surface area contributed by atoms with Crippen molar-refractivity contribution in [1.29, 1.82) is 0 Å². The molecule has 3 aromatic carbocycles. The van der Waals surface area contributed by atoms with Gasteiger partial charge in [0, 0.05) is 0 Å². The van der Waals surface area contributed by atoms with Crippen LogP contribution in [0, 0.1) is 20.8 Å². The Bertz CT molecular complexity index is 706. The van der Waals surface area contributed by atoms with E-state index >= 15 is 0 Å². The molecular weight excluding hydrogens is 271 g/mol. The van der Waals surface area contributed by atoms with Gasteiger partial charge in [-0.3, -0.25) is 0 Å². The highest BCUT2D eigenvalue weighted by Crippen LogP contribution is 2.36. The second kappa shape index (κ2) is 5.92. The quantitative estimate of drug-likeness (QED) is 0.503. The summed E-state index contributed by atoms with van der Waals surface area (Å²) < 4.78 is 0. The Morgan fingerprint density at radius 3 is 1.62 bits per heavy atom. The number of hydrogen-bond donors (Lipinski definition) is 0. The lowest BCUT2D eigenvalue weighted by Crippen LogP contribution is -2.24. The van der Waals surface area contributed by atoms with Crippen LogP contribution in [0.1, 0.15) is 16.7 Å². The number of rotatable bonds is 3. The summed E-state index contributed by atoms with van der Waals surface area (Å²) in [4.78, 5) is 0. The van der Waals surface area contributed by atoms with Crippen molar-refractivity contribution < 1.29 is 0 Å². The van der Waals surface area contributed by atoms with Gasteiger partial charge in [-0.15, -0.1) is 5.30 Å². The smallest absolute Gasteiger partial charge is 0.0141 e. The predicted octanol–water partition coefficient (Wildman–Crippen LogP) is 4.09. The fraction of sp³-hybridized carbons (Fsp3) is 0.150. The van der Waals surface area contributed by atoms with Crippen LogP contribution in [0.5, 0.6) is 0 Å². The summed E-state index contributed by atoms with van der Waals surface area (Å²) in [7, 11) is -0.471. The summed E-state index contributed by atoms with van der Waals surface area (Å²) in [5, 5.41) is 4.42. The van der Waals surface area contributed by atoms with Gasteiger partial charge in [-0.1, -0.05) is 55.5 Å². The van der Waals surface area contributed by atoms with Crippen LogP contribution in [0.15, 0.2) is 66.7 Å². The van der Waals surface area contributed by atoms with Gasteiger partial charge in [0.25, 0.3) is 0 Å². The fourth-order valence-corrected chi connectivity index (χ4v) is 5.53. The Hall–Kier alpha value is -1.78. The van der Waals surface area contributed by atoms with Gasteiger partial charge >= 0.3 is 0 Å². The van der Waals surface area contributed by atoms with E-state index in [9.17, 15) is 0 Å². The van der Waals surface area contributed by atoms with Gasteiger partial charge in [-0.05, 0) is 43.5 Å². The molecule has 0 saturated heterocycles. The van der Waals surface area contributed by atoms with Crippen LogP contribution in [0.2, 0.25) is 0 Å². The lowest BCUT2D eigenvalue weighted by molar-refractivity contribution is 1.50. The molecule has 3 rings (SSSR count). The first kappa shape index (κ1) is 14.2. The van der Waals surface area contributed by atoms with E-state index in [-0.39, 0.29) is 0 Å². The second-order valence-corrected chi connectivity index (χ2v) is 7.62. The van der Waals surface area contributed by atoms with Gasteiger partial charge in [-0.25, -0.2) is 6.07 Å². The van der Waals surface area contributed by atoms with Crippen molar-refractivity contribution in [1.82, 2.24) is 0 Å². The molecule has 3 aromatic rings. The van der Waals surface area contributed by atoms with Crippen molar-refractivity contribution in [2.24, 2.45) is 0 Å². The Morgan fingerprint density at radius 2 is 1.19 bits per heavy atom. The Balaban J connectivity index is 2.24.